The molecule has 2 aromatic rings. The van der Waals surface area contributed by atoms with Crippen LogP contribution in [0.15, 0.2) is 35.1 Å². The summed E-state index contributed by atoms with van der Waals surface area (Å²) in [6, 6.07) is 8.00. The van der Waals surface area contributed by atoms with Crippen molar-refractivity contribution in [2.45, 2.75) is 46.7 Å². The summed E-state index contributed by atoms with van der Waals surface area (Å²) in [4.78, 5) is 54.0. The summed E-state index contributed by atoms with van der Waals surface area (Å²) >= 11 is 0. The minimum atomic E-state index is -1.00. The first-order chi connectivity index (χ1) is 14.2. The highest BCUT2D eigenvalue weighted by molar-refractivity contribution is 5.95. The molecule has 0 aliphatic carbocycles. The molecule has 160 valence electrons. The van der Waals surface area contributed by atoms with E-state index in [0.717, 1.165) is 4.57 Å². The molecule has 1 amide bonds. The van der Waals surface area contributed by atoms with Gasteiger partial charge in [0, 0.05) is 0 Å². The van der Waals surface area contributed by atoms with Crippen LogP contribution in [-0.2, 0) is 21.6 Å². The molecule has 0 saturated carbocycles. The van der Waals surface area contributed by atoms with E-state index >= 15 is 0 Å². The number of nitrogens with zero attached hydrogens (tertiary/aromatic N) is 2. The average Bonchev–Trinajstić information content (AvgIpc) is 2.72. The van der Waals surface area contributed by atoms with Crippen LogP contribution < -0.4 is 15.6 Å². The maximum absolute atomic E-state index is 13.0. The Morgan fingerprint density at radius 3 is 2.37 bits per heavy atom. The van der Waals surface area contributed by atoms with Crippen molar-refractivity contribution < 1.29 is 23.9 Å². The van der Waals surface area contributed by atoms with Crippen LogP contribution in [-0.4, -0.2) is 34.0 Å². The lowest BCUT2D eigenvalue weighted by molar-refractivity contribution is -0.125. The van der Waals surface area contributed by atoms with Crippen LogP contribution in [0.2, 0.25) is 0 Å². The monoisotopic (exact) mass is 415 g/mol. The number of ether oxygens (including phenoxy) is 2. The summed E-state index contributed by atoms with van der Waals surface area (Å²) in [5.41, 5.74) is -2.03. The minimum Gasteiger partial charge on any atom is -0.461 e. The van der Waals surface area contributed by atoms with E-state index in [0.29, 0.717) is 0 Å². The highest BCUT2D eigenvalue weighted by atomic mass is 16.6. The quantitative estimate of drug-likeness (QED) is 0.760. The van der Waals surface area contributed by atoms with Gasteiger partial charge in [-0.15, -0.1) is 0 Å². The van der Waals surface area contributed by atoms with Crippen molar-refractivity contribution in [3.8, 4) is 5.75 Å². The van der Waals surface area contributed by atoms with Crippen molar-refractivity contribution in [2.75, 3.05) is 6.61 Å². The number of carbonyl (C=O) groups is 3. The summed E-state index contributed by atoms with van der Waals surface area (Å²) in [7, 11) is 0. The molecule has 0 radical (unpaired) electrons. The van der Waals surface area contributed by atoms with E-state index in [2.05, 4.69) is 10.3 Å². The van der Waals surface area contributed by atoms with Crippen molar-refractivity contribution >= 4 is 17.8 Å². The molecular formula is C21H25N3O6. The smallest absolute Gasteiger partial charge is 0.361 e. The third-order valence-electron chi connectivity index (χ3n) is 4.11. The van der Waals surface area contributed by atoms with Crippen LogP contribution in [0.25, 0.3) is 0 Å². The van der Waals surface area contributed by atoms with Crippen LogP contribution in [0, 0.1) is 0 Å². The van der Waals surface area contributed by atoms with Gasteiger partial charge >= 0.3 is 11.9 Å². The van der Waals surface area contributed by atoms with Crippen LogP contribution >= 0.6 is 0 Å². The van der Waals surface area contributed by atoms with E-state index in [1.165, 1.54) is 12.1 Å². The van der Waals surface area contributed by atoms with Crippen LogP contribution in [0.4, 0.5) is 0 Å². The van der Waals surface area contributed by atoms with Crippen LogP contribution in [0.5, 0.6) is 5.75 Å². The summed E-state index contributed by atoms with van der Waals surface area (Å²) < 4.78 is 11.3. The molecule has 0 unspecified atom stereocenters. The molecule has 0 fully saturated rings. The fraction of sp³-hybridized carbons (Fsp3) is 0.381. The van der Waals surface area contributed by atoms with Gasteiger partial charge in [0.15, 0.2) is 5.69 Å². The first-order valence-corrected chi connectivity index (χ1v) is 9.65. The molecule has 0 spiro atoms. The van der Waals surface area contributed by atoms with Crippen molar-refractivity contribution in [1.29, 1.82) is 0 Å². The Hall–Kier alpha value is -3.49. The van der Waals surface area contributed by atoms with Gasteiger partial charge in [-0.25, -0.2) is 14.6 Å². The summed E-state index contributed by atoms with van der Waals surface area (Å²) in [6.45, 7) is 8.64. The van der Waals surface area contributed by atoms with Crippen LogP contribution in [0.1, 0.15) is 61.3 Å². The number of fused-ring (bicyclic) bond motifs is 1. The second-order valence-corrected chi connectivity index (χ2v) is 6.65. The molecule has 1 aliphatic heterocycles. The topological polar surface area (TPSA) is 117 Å². The third-order valence-corrected chi connectivity index (χ3v) is 4.11. The Morgan fingerprint density at radius 1 is 1.13 bits per heavy atom. The predicted octanol–water partition coefficient (Wildman–Crippen LogP) is 2.03. The molecule has 1 aromatic heterocycles. The van der Waals surface area contributed by atoms with Crippen molar-refractivity contribution in [1.82, 2.24) is 14.9 Å². The average molecular weight is 415 g/mol. The molecule has 0 atom stereocenters. The SMILES string of the molecule is CC.CCOC(=O)c1nc2n(c(=O)c1OC(=O)c1ccccc1)CC(=O)NC2(C)C. The molecule has 1 N–H and O–H groups in total. The van der Waals surface area contributed by atoms with Gasteiger partial charge in [-0.05, 0) is 32.9 Å². The third kappa shape index (κ3) is 4.56. The van der Waals surface area contributed by atoms with Gasteiger partial charge in [-0.1, -0.05) is 32.0 Å². The maximum Gasteiger partial charge on any atom is 0.361 e. The maximum atomic E-state index is 13.0. The lowest BCUT2D eigenvalue weighted by atomic mass is 10.0. The fourth-order valence-electron chi connectivity index (χ4n) is 2.90. The fourth-order valence-corrected chi connectivity index (χ4v) is 2.90. The summed E-state index contributed by atoms with van der Waals surface area (Å²) in [5, 5.41) is 2.70. The van der Waals surface area contributed by atoms with Gasteiger partial charge in [-0.2, -0.15) is 0 Å². The number of esters is 2. The molecule has 3 rings (SSSR count). The van der Waals surface area contributed by atoms with Crippen molar-refractivity contribution in [3.05, 3.63) is 57.8 Å². The molecule has 0 bridgehead atoms. The number of hydrogen-bond donors (Lipinski definition) is 1. The number of hydrogen-bond acceptors (Lipinski definition) is 7. The number of carbonyl (C=O) groups excluding carboxylic acids is 3. The zero-order chi connectivity index (χ0) is 22.5. The number of rotatable bonds is 4. The number of nitrogens with one attached hydrogen (secondary N) is 1. The van der Waals surface area contributed by atoms with Crippen molar-refractivity contribution in [3.63, 3.8) is 0 Å². The number of amides is 1. The van der Waals surface area contributed by atoms with E-state index in [9.17, 15) is 19.2 Å². The van der Waals surface area contributed by atoms with Gasteiger partial charge in [0.2, 0.25) is 11.7 Å². The van der Waals surface area contributed by atoms with Gasteiger partial charge < -0.3 is 14.8 Å². The van der Waals surface area contributed by atoms with E-state index < -0.39 is 40.4 Å². The standard InChI is InChI=1S/C19H19N3O6.C2H6/c1-4-27-17(26)13-14(28-16(25)11-8-6-5-7-9-11)15(24)22-10-12(23)21-19(2,3)18(22)20-13;1-2/h5-9H,4,10H2,1-3H3,(H,21,23);1-2H3. The molecule has 1 aliphatic rings. The largest absolute Gasteiger partial charge is 0.461 e. The summed E-state index contributed by atoms with van der Waals surface area (Å²) in [5.74, 6) is -2.52. The Bertz CT molecular complexity index is 1010. The highest BCUT2D eigenvalue weighted by Gasteiger charge is 2.37. The Balaban J connectivity index is 0.00000155. The normalized spacial score (nSPS) is 13.8. The zero-order valence-electron chi connectivity index (χ0n) is 17.6. The van der Waals surface area contributed by atoms with Gasteiger partial charge in [0.05, 0.1) is 17.7 Å². The van der Waals surface area contributed by atoms with Gasteiger partial charge in [0.25, 0.3) is 5.56 Å². The molecule has 1 aromatic carbocycles. The number of benzene rings is 1. The first-order valence-electron chi connectivity index (χ1n) is 9.65. The lowest BCUT2D eigenvalue weighted by Gasteiger charge is -2.33. The lowest BCUT2D eigenvalue weighted by Crippen LogP contribution is -2.53. The van der Waals surface area contributed by atoms with E-state index in [1.807, 2.05) is 13.8 Å². The van der Waals surface area contributed by atoms with Crippen LogP contribution in [0.3, 0.4) is 0 Å². The second-order valence-electron chi connectivity index (χ2n) is 6.65. The molecule has 2 heterocycles. The van der Waals surface area contributed by atoms with E-state index in [1.54, 1.807) is 39.0 Å². The second kappa shape index (κ2) is 9.34. The van der Waals surface area contributed by atoms with Gasteiger partial charge in [0.1, 0.15) is 12.4 Å². The van der Waals surface area contributed by atoms with E-state index in [4.69, 9.17) is 9.47 Å². The molecule has 9 heteroatoms. The summed E-state index contributed by atoms with van der Waals surface area (Å²) in [6.07, 6.45) is 0. The molecular weight excluding hydrogens is 390 g/mol. The molecule has 9 nitrogen and oxygen atoms in total. The highest BCUT2D eigenvalue weighted by Crippen LogP contribution is 2.24. The molecule has 0 saturated heterocycles. The Kier molecular flexibility index (Phi) is 7.10. The first kappa shape index (κ1) is 22.8. The van der Waals surface area contributed by atoms with E-state index in [-0.39, 0.29) is 24.5 Å². The zero-order valence-corrected chi connectivity index (χ0v) is 17.6. The Morgan fingerprint density at radius 2 is 1.77 bits per heavy atom. The minimum absolute atomic E-state index is 0.0468. The predicted molar refractivity (Wildman–Crippen MR) is 108 cm³/mol. The van der Waals surface area contributed by atoms with Gasteiger partial charge in [-0.3, -0.25) is 14.2 Å². The van der Waals surface area contributed by atoms with Crippen molar-refractivity contribution in [2.24, 2.45) is 0 Å². The Labute approximate surface area is 174 Å². The number of aromatic nitrogens is 2. The molecule has 30 heavy (non-hydrogen) atoms.